The molecular weight excluding hydrogens is 236 g/mol. The number of piperidine rings is 1. The molecule has 0 radical (unpaired) electrons. The lowest BCUT2D eigenvalue weighted by atomic mass is 9.90. The lowest BCUT2D eigenvalue weighted by molar-refractivity contribution is 0.0516. The van der Waals surface area contributed by atoms with Crippen LogP contribution < -0.4 is 5.73 Å². The number of nitrogens with two attached hydrogens (primary N) is 1. The summed E-state index contributed by atoms with van der Waals surface area (Å²) in [5, 5.41) is 9.79. The Kier molecular flexibility index (Phi) is 4.61. The zero-order valence-electron chi connectivity index (χ0n) is 12.3. The van der Waals surface area contributed by atoms with Crippen LogP contribution in [-0.4, -0.2) is 35.2 Å². The molecule has 1 aliphatic rings. The minimum Gasteiger partial charge on any atom is -0.393 e. The molecule has 3 heteroatoms. The largest absolute Gasteiger partial charge is 0.393 e. The maximum Gasteiger partial charge on any atom is 0.0553 e. The number of nitrogens with zero attached hydrogens (tertiary/aromatic N) is 1. The fourth-order valence-corrected chi connectivity index (χ4v) is 3.02. The first kappa shape index (κ1) is 14.5. The van der Waals surface area contributed by atoms with Gasteiger partial charge in [-0.05, 0) is 44.2 Å². The Morgan fingerprint density at radius 2 is 2.11 bits per heavy atom. The highest BCUT2D eigenvalue weighted by Gasteiger charge is 2.28. The number of aliphatic hydroxyl groups excluding tert-OH is 1. The van der Waals surface area contributed by atoms with Crippen molar-refractivity contribution >= 4 is 0 Å². The number of aliphatic hydroxyl groups is 1. The van der Waals surface area contributed by atoms with Crippen LogP contribution in [0.1, 0.15) is 30.0 Å². The third-order valence-corrected chi connectivity index (χ3v) is 4.17. The second-order valence-corrected chi connectivity index (χ2v) is 6.12. The van der Waals surface area contributed by atoms with Crippen molar-refractivity contribution in [1.82, 2.24) is 4.90 Å². The average Bonchev–Trinajstić information content (AvgIpc) is 2.32. The topological polar surface area (TPSA) is 49.5 Å². The van der Waals surface area contributed by atoms with Crippen molar-refractivity contribution in [2.24, 2.45) is 11.7 Å². The number of benzene rings is 1. The highest BCUT2D eigenvalue weighted by molar-refractivity contribution is 5.30. The Hall–Kier alpha value is -0.900. The molecule has 0 bridgehead atoms. The van der Waals surface area contributed by atoms with Gasteiger partial charge in [-0.1, -0.05) is 23.8 Å². The van der Waals surface area contributed by atoms with Crippen molar-refractivity contribution in [1.29, 1.82) is 0 Å². The maximum absolute atomic E-state index is 9.79. The normalized spacial score (nSPS) is 26.4. The van der Waals surface area contributed by atoms with Crippen molar-refractivity contribution in [3.05, 3.63) is 34.9 Å². The lowest BCUT2D eigenvalue weighted by Crippen LogP contribution is -2.49. The predicted molar refractivity (Wildman–Crippen MR) is 79.0 cm³/mol. The summed E-state index contributed by atoms with van der Waals surface area (Å²) in [6, 6.07) is 6.78. The predicted octanol–water partition coefficient (Wildman–Crippen LogP) is 1.83. The molecule has 1 heterocycles. The van der Waals surface area contributed by atoms with Gasteiger partial charge in [-0.15, -0.1) is 0 Å². The molecule has 1 aromatic rings. The summed E-state index contributed by atoms with van der Waals surface area (Å²) in [4.78, 5) is 2.38. The quantitative estimate of drug-likeness (QED) is 0.874. The van der Waals surface area contributed by atoms with E-state index in [2.05, 4.69) is 36.9 Å². The fraction of sp³-hybridized carbons (Fsp3) is 0.625. The smallest absolute Gasteiger partial charge is 0.0553 e. The van der Waals surface area contributed by atoms with Crippen LogP contribution in [0.4, 0.5) is 0 Å². The van der Waals surface area contributed by atoms with Crippen molar-refractivity contribution in [3.63, 3.8) is 0 Å². The van der Waals surface area contributed by atoms with Gasteiger partial charge in [0.1, 0.15) is 0 Å². The summed E-state index contributed by atoms with van der Waals surface area (Å²) in [6.45, 7) is 8.96. The van der Waals surface area contributed by atoms with Gasteiger partial charge in [0.15, 0.2) is 0 Å². The molecule has 0 spiro atoms. The van der Waals surface area contributed by atoms with Gasteiger partial charge in [0.05, 0.1) is 6.10 Å². The Morgan fingerprint density at radius 3 is 2.74 bits per heavy atom. The molecule has 0 amide bonds. The van der Waals surface area contributed by atoms with Crippen LogP contribution in [0.25, 0.3) is 0 Å². The number of rotatable bonds is 3. The molecule has 1 aliphatic heterocycles. The molecule has 3 N–H and O–H groups in total. The fourth-order valence-electron chi connectivity index (χ4n) is 3.02. The molecule has 3 nitrogen and oxygen atoms in total. The van der Waals surface area contributed by atoms with Gasteiger partial charge >= 0.3 is 0 Å². The van der Waals surface area contributed by atoms with E-state index in [0.29, 0.717) is 5.92 Å². The van der Waals surface area contributed by atoms with E-state index in [0.717, 1.165) is 26.1 Å². The Balaban J connectivity index is 2.05. The molecule has 0 saturated carbocycles. The van der Waals surface area contributed by atoms with Crippen LogP contribution in [0, 0.1) is 19.8 Å². The molecular formula is C16H26N2O. The third kappa shape index (κ3) is 3.78. The summed E-state index contributed by atoms with van der Waals surface area (Å²) < 4.78 is 0. The first-order valence-electron chi connectivity index (χ1n) is 7.18. The lowest BCUT2D eigenvalue weighted by Gasteiger charge is -2.37. The molecule has 1 aromatic carbocycles. The summed E-state index contributed by atoms with van der Waals surface area (Å²) in [5.41, 5.74) is 10.1. The Morgan fingerprint density at radius 1 is 1.37 bits per heavy atom. The molecule has 0 aliphatic carbocycles. The standard InChI is InChI=1S/C16H26N2O/c1-11-4-5-14(12(2)6-11)8-18-9-15(13(3)19)7-16(17)10-18/h4-6,13,15-16,19H,7-10,17H2,1-3H3. The number of hydrogen-bond acceptors (Lipinski definition) is 3. The van der Waals surface area contributed by atoms with E-state index < -0.39 is 0 Å². The van der Waals surface area contributed by atoms with E-state index in [9.17, 15) is 5.11 Å². The van der Waals surface area contributed by atoms with E-state index in [1.165, 1.54) is 16.7 Å². The molecule has 0 aromatic heterocycles. The SMILES string of the molecule is Cc1ccc(CN2CC(N)CC(C(C)O)C2)c(C)c1. The highest BCUT2D eigenvalue weighted by Crippen LogP contribution is 2.22. The van der Waals surface area contributed by atoms with Crippen LogP contribution in [0.3, 0.4) is 0 Å². The van der Waals surface area contributed by atoms with Gasteiger partial charge in [-0.2, -0.15) is 0 Å². The van der Waals surface area contributed by atoms with Crippen molar-refractivity contribution in [2.75, 3.05) is 13.1 Å². The molecule has 1 fully saturated rings. The molecule has 3 atom stereocenters. The van der Waals surface area contributed by atoms with Gasteiger partial charge in [0, 0.05) is 25.7 Å². The van der Waals surface area contributed by atoms with Crippen LogP contribution in [0.2, 0.25) is 0 Å². The number of hydrogen-bond donors (Lipinski definition) is 2. The summed E-state index contributed by atoms with van der Waals surface area (Å²) in [7, 11) is 0. The van der Waals surface area contributed by atoms with Crippen molar-refractivity contribution < 1.29 is 5.11 Å². The van der Waals surface area contributed by atoms with E-state index in [-0.39, 0.29) is 12.1 Å². The van der Waals surface area contributed by atoms with E-state index in [1.807, 2.05) is 6.92 Å². The number of aryl methyl sites for hydroxylation is 2. The first-order chi connectivity index (χ1) is 8.95. The van der Waals surface area contributed by atoms with Gasteiger partial charge < -0.3 is 10.8 Å². The molecule has 3 unspecified atom stereocenters. The summed E-state index contributed by atoms with van der Waals surface area (Å²) in [5.74, 6) is 0.300. The van der Waals surface area contributed by atoms with Crippen LogP contribution >= 0.6 is 0 Å². The van der Waals surface area contributed by atoms with E-state index in [4.69, 9.17) is 5.73 Å². The second kappa shape index (κ2) is 6.04. The van der Waals surface area contributed by atoms with Crippen molar-refractivity contribution in [3.8, 4) is 0 Å². The zero-order valence-corrected chi connectivity index (χ0v) is 12.3. The average molecular weight is 262 g/mol. The molecule has 19 heavy (non-hydrogen) atoms. The van der Waals surface area contributed by atoms with E-state index in [1.54, 1.807) is 0 Å². The van der Waals surface area contributed by atoms with Crippen LogP contribution in [0.15, 0.2) is 18.2 Å². The minimum atomic E-state index is -0.270. The minimum absolute atomic E-state index is 0.180. The summed E-state index contributed by atoms with van der Waals surface area (Å²) >= 11 is 0. The maximum atomic E-state index is 9.79. The van der Waals surface area contributed by atoms with Crippen molar-refractivity contribution in [2.45, 2.75) is 45.9 Å². The second-order valence-electron chi connectivity index (χ2n) is 6.12. The van der Waals surface area contributed by atoms with E-state index >= 15 is 0 Å². The van der Waals surface area contributed by atoms with Gasteiger partial charge in [0.25, 0.3) is 0 Å². The highest BCUT2D eigenvalue weighted by atomic mass is 16.3. The monoisotopic (exact) mass is 262 g/mol. The molecule has 1 saturated heterocycles. The number of likely N-dealkylation sites (tertiary alicyclic amines) is 1. The summed E-state index contributed by atoms with van der Waals surface area (Å²) in [6.07, 6.45) is 0.661. The Bertz CT molecular complexity index is 431. The van der Waals surface area contributed by atoms with Gasteiger partial charge in [0.2, 0.25) is 0 Å². The Labute approximate surface area is 116 Å². The molecule has 106 valence electrons. The van der Waals surface area contributed by atoms with Crippen LogP contribution in [-0.2, 0) is 6.54 Å². The third-order valence-electron chi connectivity index (χ3n) is 4.17. The first-order valence-corrected chi connectivity index (χ1v) is 7.18. The van der Waals surface area contributed by atoms with Gasteiger partial charge in [-0.25, -0.2) is 0 Å². The van der Waals surface area contributed by atoms with Crippen LogP contribution in [0.5, 0.6) is 0 Å². The molecule has 2 rings (SSSR count). The van der Waals surface area contributed by atoms with Gasteiger partial charge in [-0.3, -0.25) is 4.90 Å². The zero-order chi connectivity index (χ0) is 14.0.